The van der Waals surface area contributed by atoms with Crippen LogP contribution in [0.2, 0.25) is 0 Å². The second-order valence-corrected chi connectivity index (χ2v) is 7.43. The Kier molecular flexibility index (Phi) is 7.52. The van der Waals surface area contributed by atoms with Crippen LogP contribution >= 0.6 is 11.3 Å². The maximum absolute atomic E-state index is 12.8. The van der Waals surface area contributed by atoms with E-state index < -0.39 is 23.9 Å². The predicted octanol–water partition coefficient (Wildman–Crippen LogP) is 4.98. The lowest BCUT2D eigenvalue weighted by Crippen LogP contribution is -2.21. The van der Waals surface area contributed by atoms with E-state index in [9.17, 15) is 26.3 Å². The van der Waals surface area contributed by atoms with Gasteiger partial charge >= 0.3 is 18.3 Å². The number of imidazole rings is 1. The lowest BCUT2D eigenvalue weighted by Gasteiger charge is -2.15. The second-order valence-electron chi connectivity index (χ2n) is 6.42. The van der Waals surface area contributed by atoms with Gasteiger partial charge in [0.2, 0.25) is 0 Å². The standard InChI is InChI=1S/C16H17F3N4S.C2HF3O2/c1-11-20-6-9-23(11)8-3-7-22(2)15-21-13-10-12(16(17,18)19)4-5-14(13)24-15;3-2(4,5)1(6)7/h4-6,9-10H,3,7-8H2,1-2H3;(H,6,7). The van der Waals surface area contributed by atoms with Gasteiger partial charge in [-0.2, -0.15) is 26.3 Å². The van der Waals surface area contributed by atoms with Gasteiger partial charge in [-0.05, 0) is 31.5 Å². The molecule has 2 aromatic heterocycles. The minimum Gasteiger partial charge on any atom is -0.475 e. The zero-order valence-corrected chi connectivity index (χ0v) is 17.1. The zero-order valence-electron chi connectivity index (χ0n) is 16.3. The van der Waals surface area contributed by atoms with Crippen molar-refractivity contribution >= 4 is 32.7 Å². The van der Waals surface area contributed by atoms with E-state index in [1.54, 1.807) is 6.20 Å². The number of carboxylic acids is 1. The Morgan fingerprint density at radius 1 is 1.23 bits per heavy atom. The summed E-state index contributed by atoms with van der Waals surface area (Å²) in [5.74, 6) is -1.79. The number of benzene rings is 1. The second kappa shape index (κ2) is 9.54. The van der Waals surface area contributed by atoms with E-state index in [2.05, 4.69) is 14.5 Å². The zero-order chi connectivity index (χ0) is 23.4. The van der Waals surface area contributed by atoms with Crippen LogP contribution in [0.1, 0.15) is 17.8 Å². The van der Waals surface area contributed by atoms with E-state index in [0.29, 0.717) is 5.52 Å². The van der Waals surface area contributed by atoms with Gasteiger partial charge < -0.3 is 14.6 Å². The monoisotopic (exact) mass is 468 g/mol. The number of halogens is 6. The minimum atomic E-state index is -5.08. The van der Waals surface area contributed by atoms with Crippen LogP contribution in [0, 0.1) is 6.92 Å². The third kappa shape index (κ3) is 6.84. The summed E-state index contributed by atoms with van der Waals surface area (Å²) in [6.07, 6.45) is -4.82. The van der Waals surface area contributed by atoms with E-state index in [-0.39, 0.29) is 0 Å². The Morgan fingerprint density at radius 3 is 2.39 bits per heavy atom. The van der Waals surface area contributed by atoms with E-state index in [4.69, 9.17) is 9.90 Å². The first kappa shape index (κ1) is 24.4. The van der Waals surface area contributed by atoms with Crippen molar-refractivity contribution in [2.24, 2.45) is 0 Å². The molecule has 0 spiro atoms. The Bertz CT molecular complexity index is 1030. The highest BCUT2D eigenvalue weighted by Gasteiger charge is 2.38. The van der Waals surface area contributed by atoms with Crippen molar-refractivity contribution in [1.29, 1.82) is 0 Å². The van der Waals surface area contributed by atoms with Crippen molar-refractivity contribution in [2.75, 3.05) is 18.5 Å². The first-order valence-corrected chi connectivity index (χ1v) is 9.57. The number of alkyl halides is 6. The summed E-state index contributed by atoms with van der Waals surface area (Å²) >= 11 is 1.40. The summed E-state index contributed by atoms with van der Waals surface area (Å²) in [7, 11) is 1.91. The van der Waals surface area contributed by atoms with Crippen molar-refractivity contribution in [1.82, 2.24) is 14.5 Å². The molecule has 0 saturated heterocycles. The molecule has 0 bridgehead atoms. The van der Waals surface area contributed by atoms with E-state index in [0.717, 1.165) is 47.3 Å². The molecular weight excluding hydrogens is 450 g/mol. The highest BCUT2D eigenvalue weighted by Crippen LogP contribution is 2.34. The number of thiazole rings is 1. The molecule has 3 rings (SSSR count). The summed E-state index contributed by atoms with van der Waals surface area (Å²) in [5, 5.41) is 7.85. The third-order valence-electron chi connectivity index (χ3n) is 4.09. The molecule has 0 saturated carbocycles. The average molecular weight is 468 g/mol. The van der Waals surface area contributed by atoms with Crippen LogP contribution in [-0.2, 0) is 17.5 Å². The number of hydrogen-bond acceptors (Lipinski definition) is 5. The first-order chi connectivity index (χ1) is 14.3. The molecule has 31 heavy (non-hydrogen) atoms. The Balaban J connectivity index is 0.000000423. The van der Waals surface area contributed by atoms with Crippen LogP contribution in [0.4, 0.5) is 31.5 Å². The smallest absolute Gasteiger partial charge is 0.475 e. The summed E-state index contributed by atoms with van der Waals surface area (Å²) in [4.78, 5) is 19.4. The van der Waals surface area contributed by atoms with Crippen molar-refractivity contribution in [3.63, 3.8) is 0 Å². The molecule has 0 aliphatic heterocycles. The molecule has 13 heteroatoms. The molecule has 3 aromatic rings. The topological polar surface area (TPSA) is 71.2 Å². The normalized spacial score (nSPS) is 11.9. The van der Waals surface area contributed by atoms with Gasteiger partial charge in [-0.15, -0.1) is 0 Å². The van der Waals surface area contributed by atoms with Crippen molar-refractivity contribution < 1.29 is 36.2 Å². The van der Waals surface area contributed by atoms with Crippen molar-refractivity contribution in [2.45, 2.75) is 32.2 Å². The number of carboxylic acid groups (broad SMARTS) is 1. The van der Waals surface area contributed by atoms with Crippen LogP contribution in [0.3, 0.4) is 0 Å². The van der Waals surface area contributed by atoms with Gasteiger partial charge in [-0.1, -0.05) is 11.3 Å². The highest BCUT2D eigenvalue weighted by molar-refractivity contribution is 7.22. The van der Waals surface area contributed by atoms with Crippen LogP contribution in [0.25, 0.3) is 10.2 Å². The maximum atomic E-state index is 12.8. The molecule has 6 nitrogen and oxygen atoms in total. The number of nitrogens with zero attached hydrogens (tertiary/aromatic N) is 4. The Morgan fingerprint density at radius 2 is 1.87 bits per heavy atom. The summed E-state index contributed by atoms with van der Waals surface area (Å²) in [6, 6.07) is 3.70. The number of aryl methyl sites for hydroxylation is 2. The van der Waals surface area contributed by atoms with Crippen LogP contribution in [0.15, 0.2) is 30.6 Å². The van der Waals surface area contributed by atoms with Gasteiger partial charge in [0.25, 0.3) is 0 Å². The number of hydrogen-bond donors (Lipinski definition) is 1. The van der Waals surface area contributed by atoms with Crippen molar-refractivity contribution in [3.05, 3.63) is 42.0 Å². The number of carbonyl (C=O) groups is 1. The molecule has 0 amide bonds. The number of aromatic nitrogens is 3. The molecule has 2 heterocycles. The van der Waals surface area contributed by atoms with Gasteiger partial charge in [0.1, 0.15) is 5.82 Å². The van der Waals surface area contributed by atoms with E-state index in [1.165, 1.54) is 17.4 Å². The predicted molar refractivity (Wildman–Crippen MR) is 103 cm³/mol. The fourth-order valence-electron chi connectivity index (χ4n) is 2.47. The summed E-state index contributed by atoms with van der Waals surface area (Å²) in [5.41, 5.74) is -0.271. The lowest BCUT2D eigenvalue weighted by molar-refractivity contribution is -0.192. The molecule has 0 aliphatic rings. The number of fused-ring (bicyclic) bond motifs is 1. The highest BCUT2D eigenvalue weighted by atomic mass is 32.1. The molecule has 1 aromatic carbocycles. The van der Waals surface area contributed by atoms with E-state index in [1.807, 2.05) is 25.1 Å². The Hall–Kier alpha value is -2.83. The maximum Gasteiger partial charge on any atom is 0.490 e. The molecule has 0 unspecified atom stereocenters. The number of rotatable bonds is 5. The average Bonchev–Trinajstić information content (AvgIpc) is 3.26. The summed E-state index contributed by atoms with van der Waals surface area (Å²) < 4.78 is 72.9. The molecule has 170 valence electrons. The number of aliphatic carboxylic acids is 1. The molecule has 0 aliphatic carbocycles. The molecule has 0 radical (unpaired) electrons. The van der Waals surface area contributed by atoms with Crippen LogP contribution in [-0.4, -0.2) is 45.4 Å². The van der Waals surface area contributed by atoms with Gasteiger partial charge in [-0.25, -0.2) is 14.8 Å². The molecule has 1 N–H and O–H groups in total. The minimum absolute atomic E-state index is 0.391. The van der Waals surface area contributed by atoms with E-state index >= 15 is 0 Å². The third-order valence-corrected chi connectivity index (χ3v) is 5.24. The quantitative estimate of drug-likeness (QED) is 0.535. The summed E-state index contributed by atoms with van der Waals surface area (Å²) in [6.45, 7) is 3.57. The van der Waals surface area contributed by atoms with Gasteiger partial charge in [-0.3, -0.25) is 0 Å². The number of anilines is 1. The molecule has 0 fully saturated rings. The first-order valence-electron chi connectivity index (χ1n) is 8.76. The fraction of sp³-hybridized carbons (Fsp3) is 0.389. The molecule has 0 atom stereocenters. The largest absolute Gasteiger partial charge is 0.490 e. The van der Waals surface area contributed by atoms with Crippen LogP contribution in [0.5, 0.6) is 0 Å². The van der Waals surface area contributed by atoms with Crippen molar-refractivity contribution in [3.8, 4) is 0 Å². The van der Waals surface area contributed by atoms with Crippen LogP contribution < -0.4 is 4.90 Å². The van der Waals surface area contributed by atoms with Gasteiger partial charge in [0.05, 0.1) is 15.8 Å². The van der Waals surface area contributed by atoms with Gasteiger partial charge in [0.15, 0.2) is 5.13 Å². The lowest BCUT2D eigenvalue weighted by atomic mass is 10.2. The molecular formula is C18H18F6N4O2S. The fourth-order valence-corrected chi connectivity index (χ4v) is 3.40. The van der Waals surface area contributed by atoms with Gasteiger partial charge in [0, 0.05) is 32.5 Å². The SMILES string of the molecule is Cc1nccn1CCCN(C)c1nc2cc(C(F)(F)F)ccc2s1.O=C(O)C(F)(F)F. The Labute approximate surface area is 176 Å².